The number of nitrogens with one attached hydrogen (secondary N) is 7. The third-order valence-corrected chi connectivity index (χ3v) is 22.6. The molecule has 0 unspecified atom stereocenters. The molecule has 0 saturated carbocycles. The molecule has 0 fully saturated rings. The van der Waals surface area contributed by atoms with Gasteiger partial charge in [0, 0.05) is 87.5 Å². The number of amides is 13. The van der Waals surface area contributed by atoms with Gasteiger partial charge in [0.25, 0.3) is 23.6 Å². The summed E-state index contributed by atoms with van der Waals surface area (Å²) in [6.07, 6.45) is 2.33. The maximum Gasteiger partial charge on any atom is 0.416 e. The highest BCUT2D eigenvalue weighted by molar-refractivity contribution is 6.13. The van der Waals surface area contributed by atoms with Crippen molar-refractivity contribution in [3.05, 3.63) is 131 Å². The van der Waals surface area contributed by atoms with Crippen LogP contribution in [0.2, 0.25) is 0 Å². The number of aliphatic hydroxyl groups excluding tert-OH is 2. The van der Waals surface area contributed by atoms with E-state index in [-0.39, 0.29) is 174 Å². The molecule has 0 spiro atoms. The van der Waals surface area contributed by atoms with Crippen molar-refractivity contribution in [1.82, 2.24) is 41.3 Å². The standard InChI is InChI=1S/C97H134N12O31/c1-61(2)86(103-82(111)26-32-128-36-35-125-9)90(117)99-65(7)88(115)101-69-19-15-67(16-20-69)59-139-96(123)108-73-55-79(77(126-10)53-71(73)92(119)106-57-63(5)51-75(106)94(108)121)137-30-13-12-14-31-138-80-56-74-72(54-78(80)127-11)93(120)107-58-64(6)52-76(107)95(122)109(74)97(124)140-60-68-17-21-70(22-18-68)102-89(116)66(8)100-91(118)87(62(3)4)104-83(112)27-33-129-37-39-131-41-43-133-45-47-135-49-50-136-48-46-134-44-42-132-40-38-130-34-28-98-81(110)25-29-105-84(113)23-24-85(105)114/h15-24,53-58,61-62,65-66,75-76,86-87,94-95,121-122H,12-14,25-52,59-60H2,1-11H3,(H,98,110)(H,99,117)(H,100,118)(H,101,115)(H,102,116)(H,103,111)(H,104,112)/t65-,66-,75-,76-,86-,87-,94-,95-/m0/s1. The van der Waals surface area contributed by atoms with Crippen LogP contribution in [0.15, 0.2) is 108 Å². The van der Waals surface area contributed by atoms with Crippen molar-refractivity contribution in [3.8, 4) is 23.0 Å². The number of anilines is 4. The van der Waals surface area contributed by atoms with Gasteiger partial charge < -0.3 is 133 Å². The van der Waals surface area contributed by atoms with Crippen molar-refractivity contribution in [2.45, 2.75) is 169 Å². The first-order valence-electron chi connectivity index (χ1n) is 46.9. The van der Waals surface area contributed by atoms with E-state index in [2.05, 4.69) is 37.2 Å². The van der Waals surface area contributed by atoms with Gasteiger partial charge in [-0.1, -0.05) is 63.1 Å². The second-order valence-corrected chi connectivity index (χ2v) is 34.1. The Morgan fingerprint density at radius 1 is 0.407 bits per heavy atom. The number of benzene rings is 4. The van der Waals surface area contributed by atoms with Crippen LogP contribution in [-0.2, 0) is 113 Å². The van der Waals surface area contributed by atoms with Crippen molar-refractivity contribution in [2.24, 2.45) is 11.8 Å². The molecule has 0 bridgehead atoms. The SMILES string of the molecule is COCCOCCC(=O)N[C@H](C(=O)N[C@@H](C)C(=O)Nc1ccc(COC(=O)N2c3cc(OCCCCCOc4cc5c(cc4OC)C(=O)N4C=C(C)C[C@H]4[C@H](O)N5C(=O)OCc4ccc(NC(=O)[C@H](C)NC(=O)[C@@H](NC(=O)CCOCCOCCOCCOCCOCCOCCOCCOCCNC(=O)CCN5C(=O)C=CC5=O)C(C)C)cc4)c(OC)cc3C(=O)N3C=C(C)C[C@H]3[C@@H]2O)cc1)C(C)C. The van der Waals surface area contributed by atoms with E-state index in [4.69, 9.17) is 75.8 Å². The number of ether oxygens (including phenoxy) is 16. The first-order valence-corrected chi connectivity index (χ1v) is 46.9. The lowest BCUT2D eigenvalue weighted by atomic mass is 10.0. The number of hydrogen-bond donors (Lipinski definition) is 9. The maximum atomic E-state index is 14.5. The summed E-state index contributed by atoms with van der Waals surface area (Å²) in [4.78, 5) is 178. The average Bonchev–Trinajstić information content (AvgIpc) is 1.60. The minimum Gasteiger partial charge on any atom is -0.493 e. The quantitative estimate of drug-likeness (QED) is 0.0189. The van der Waals surface area contributed by atoms with Crippen LogP contribution >= 0.6 is 0 Å². The minimum absolute atomic E-state index is 0.00438. The molecule has 5 heterocycles. The Labute approximate surface area is 813 Å². The molecule has 0 aliphatic carbocycles. The van der Waals surface area contributed by atoms with Crippen LogP contribution in [-0.4, -0.2) is 324 Å². The Morgan fingerprint density at radius 2 is 0.764 bits per heavy atom. The number of rotatable bonds is 62. The summed E-state index contributed by atoms with van der Waals surface area (Å²) in [6.45, 7) is 19.6. The molecule has 0 saturated heterocycles. The van der Waals surface area contributed by atoms with Gasteiger partial charge in [0.2, 0.25) is 41.4 Å². The first kappa shape index (κ1) is 111. The molecule has 0 aromatic heterocycles. The first-order chi connectivity index (χ1) is 67.4. The van der Waals surface area contributed by atoms with E-state index in [0.29, 0.717) is 134 Å². The van der Waals surface area contributed by atoms with Gasteiger partial charge in [0.15, 0.2) is 35.5 Å². The third kappa shape index (κ3) is 34.3. The average molecular weight is 1960 g/mol. The predicted octanol–water partition coefficient (Wildman–Crippen LogP) is 5.69. The number of methoxy groups -OCH3 is 3. The van der Waals surface area contributed by atoms with E-state index >= 15 is 0 Å². The predicted molar refractivity (Wildman–Crippen MR) is 506 cm³/mol. The van der Waals surface area contributed by atoms with E-state index in [9.17, 15) is 72.5 Å². The molecule has 9 N–H and O–H groups in total. The number of fused-ring (bicyclic) bond motifs is 4. The summed E-state index contributed by atoms with van der Waals surface area (Å²) >= 11 is 0. The van der Waals surface area contributed by atoms with E-state index in [0.717, 1.165) is 25.8 Å². The normalized spacial score (nSPS) is 16.8. The highest BCUT2D eigenvalue weighted by atomic mass is 16.6. The summed E-state index contributed by atoms with van der Waals surface area (Å²) in [5.41, 5.74) is 3.28. The van der Waals surface area contributed by atoms with Gasteiger partial charge in [0.05, 0.1) is 188 Å². The molecule has 4 aromatic carbocycles. The zero-order valence-corrected chi connectivity index (χ0v) is 81.3. The number of carbonyl (C=O) groups excluding carboxylic acids is 13. The summed E-state index contributed by atoms with van der Waals surface area (Å²) in [5, 5.41) is 43.2. The van der Waals surface area contributed by atoms with Gasteiger partial charge in [-0.25, -0.2) is 19.4 Å². The number of imide groups is 1. The summed E-state index contributed by atoms with van der Waals surface area (Å²) in [5.74, 6) is -5.23. The fourth-order valence-corrected chi connectivity index (χ4v) is 15.0. The Hall–Kier alpha value is -12.3. The van der Waals surface area contributed by atoms with E-state index in [1.54, 1.807) is 102 Å². The Balaban J connectivity index is 0.656. The second-order valence-electron chi connectivity index (χ2n) is 34.1. The van der Waals surface area contributed by atoms with Crippen LogP contribution in [0.25, 0.3) is 0 Å². The molecule has 8 atom stereocenters. The van der Waals surface area contributed by atoms with Crippen molar-refractivity contribution in [2.75, 3.05) is 194 Å². The topological polar surface area (TPSA) is 510 Å². The number of nitrogens with zero attached hydrogens (tertiary/aromatic N) is 5. The zero-order chi connectivity index (χ0) is 101. The highest BCUT2D eigenvalue weighted by Crippen LogP contribution is 2.45. The van der Waals surface area contributed by atoms with E-state index < -0.39 is 114 Å². The lowest BCUT2D eigenvalue weighted by Gasteiger charge is -2.31. The third-order valence-electron chi connectivity index (χ3n) is 22.6. The van der Waals surface area contributed by atoms with Crippen LogP contribution < -0.4 is 66.0 Å². The van der Waals surface area contributed by atoms with Gasteiger partial charge in [0.1, 0.15) is 37.4 Å². The number of unbranched alkanes of at least 4 members (excludes halogenated alkanes) is 2. The summed E-state index contributed by atoms with van der Waals surface area (Å²) in [7, 11) is 4.33. The molecular formula is C97H134N12O31. The minimum atomic E-state index is -1.60. The molecule has 9 rings (SSSR count). The van der Waals surface area contributed by atoms with Gasteiger partial charge in [-0.05, 0) is 119 Å². The number of aliphatic hydroxyl groups is 2. The lowest BCUT2D eigenvalue weighted by Crippen LogP contribution is -2.53. The van der Waals surface area contributed by atoms with Gasteiger partial charge >= 0.3 is 12.2 Å². The van der Waals surface area contributed by atoms with Crippen molar-refractivity contribution in [3.63, 3.8) is 0 Å². The van der Waals surface area contributed by atoms with Gasteiger partial charge in [-0.2, -0.15) is 0 Å². The van der Waals surface area contributed by atoms with Gasteiger partial charge in [-0.15, -0.1) is 0 Å². The second kappa shape index (κ2) is 58.1. The summed E-state index contributed by atoms with van der Waals surface area (Å²) < 4.78 is 90.2. The van der Waals surface area contributed by atoms with Crippen molar-refractivity contribution >= 4 is 99.9 Å². The molecule has 43 nitrogen and oxygen atoms in total. The summed E-state index contributed by atoms with van der Waals surface area (Å²) in [6, 6.07) is 12.8. The molecule has 4 aromatic rings. The highest BCUT2D eigenvalue weighted by Gasteiger charge is 2.48. The Morgan fingerprint density at radius 3 is 1.12 bits per heavy atom. The van der Waals surface area contributed by atoms with Crippen molar-refractivity contribution < 1.29 is 148 Å². The Kier molecular flexibility index (Phi) is 46.2. The monoisotopic (exact) mass is 1960 g/mol. The zero-order valence-electron chi connectivity index (χ0n) is 81.3. The fraction of sp³-hybridized carbons (Fsp3) is 0.557. The fourth-order valence-electron chi connectivity index (χ4n) is 15.0. The molecule has 5 aliphatic heterocycles. The largest absolute Gasteiger partial charge is 0.493 e. The number of carbonyl (C=O) groups is 13. The van der Waals surface area contributed by atoms with Crippen LogP contribution in [0.5, 0.6) is 23.0 Å². The van der Waals surface area contributed by atoms with Gasteiger partial charge in [-0.3, -0.25) is 57.6 Å². The molecule has 0 radical (unpaired) electrons. The molecule has 140 heavy (non-hydrogen) atoms. The smallest absolute Gasteiger partial charge is 0.416 e. The lowest BCUT2D eigenvalue weighted by molar-refractivity contribution is -0.137. The molecule has 768 valence electrons. The van der Waals surface area contributed by atoms with Crippen LogP contribution in [0.1, 0.15) is 139 Å². The Bertz CT molecular complexity index is 4870. The molecule has 43 heteroatoms. The molecular weight excluding hydrogens is 1830 g/mol. The van der Waals surface area contributed by atoms with Crippen molar-refractivity contribution in [1.29, 1.82) is 0 Å². The maximum absolute atomic E-state index is 14.5. The van der Waals surface area contributed by atoms with E-state index in [1.807, 2.05) is 0 Å². The molecule has 5 aliphatic rings. The van der Waals surface area contributed by atoms with Crippen LogP contribution in [0, 0.1) is 11.8 Å². The molecule has 13 amide bonds. The van der Waals surface area contributed by atoms with Crippen LogP contribution in [0.4, 0.5) is 32.3 Å². The number of hydrogen-bond acceptors (Lipinski definition) is 31. The van der Waals surface area contributed by atoms with E-state index in [1.165, 1.54) is 81.4 Å². The van der Waals surface area contributed by atoms with Crippen LogP contribution in [0.3, 0.4) is 0 Å².